The fourth-order valence-electron chi connectivity index (χ4n) is 3.68. The maximum absolute atomic E-state index is 12.5. The van der Waals surface area contributed by atoms with E-state index >= 15 is 0 Å². The van der Waals surface area contributed by atoms with E-state index in [0.717, 1.165) is 56.3 Å². The van der Waals surface area contributed by atoms with Crippen LogP contribution in [0.25, 0.3) is 10.6 Å². The molecule has 2 fully saturated rings. The van der Waals surface area contributed by atoms with Crippen LogP contribution in [-0.4, -0.2) is 46.9 Å². The van der Waals surface area contributed by atoms with Crippen molar-refractivity contribution >= 4 is 28.6 Å². The molecule has 6 heteroatoms. The molecule has 1 aliphatic carbocycles. The second kappa shape index (κ2) is 7.33. The minimum absolute atomic E-state index is 0.309. The highest BCUT2D eigenvalue weighted by molar-refractivity contribution is 7.14. The van der Waals surface area contributed by atoms with Crippen molar-refractivity contribution in [2.45, 2.75) is 32.2 Å². The zero-order valence-electron chi connectivity index (χ0n) is 13.8. The van der Waals surface area contributed by atoms with E-state index in [2.05, 4.69) is 32.0 Å². The highest BCUT2D eigenvalue weighted by Gasteiger charge is 2.29. The van der Waals surface area contributed by atoms with E-state index in [1.807, 2.05) is 0 Å². The fourth-order valence-corrected chi connectivity index (χ4v) is 5.21. The number of hydrogen-bond acceptors (Lipinski definition) is 5. The lowest BCUT2D eigenvalue weighted by atomic mass is 10.1. The molecule has 2 aromatic heterocycles. The summed E-state index contributed by atoms with van der Waals surface area (Å²) in [5.74, 6) is 0.712. The Kier molecular flexibility index (Phi) is 4.96. The Bertz CT molecular complexity index is 668. The lowest BCUT2D eigenvalue weighted by Gasteiger charge is -2.35. The van der Waals surface area contributed by atoms with Crippen molar-refractivity contribution < 1.29 is 4.79 Å². The number of carbonyl (C=O) groups excluding carboxylic acids is 1. The Labute approximate surface area is 151 Å². The first-order valence-corrected chi connectivity index (χ1v) is 10.6. The molecular formula is C18H23N3OS2. The van der Waals surface area contributed by atoms with Crippen molar-refractivity contribution in [3.8, 4) is 10.6 Å². The Balaban J connectivity index is 1.29. The molecule has 3 heterocycles. The average molecular weight is 362 g/mol. The summed E-state index contributed by atoms with van der Waals surface area (Å²) in [7, 11) is 0. The number of rotatable bonds is 4. The van der Waals surface area contributed by atoms with E-state index < -0.39 is 0 Å². The van der Waals surface area contributed by atoms with Gasteiger partial charge in [-0.2, -0.15) is 11.3 Å². The lowest BCUT2D eigenvalue weighted by Crippen LogP contribution is -2.49. The van der Waals surface area contributed by atoms with Crippen LogP contribution in [0.3, 0.4) is 0 Å². The molecule has 24 heavy (non-hydrogen) atoms. The van der Waals surface area contributed by atoms with Gasteiger partial charge in [-0.1, -0.05) is 12.8 Å². The van der Waals surface area contributed by atoms with Gasteiger partial charge in [-0.3, -0.25) is 9.69 Å². The number of hydrogen-bond donors (Lipinski definition) is 0. The summed E-state index contributed by atoms with van der Waals surface area (Å²) in [6.45, 7) is 4.56. The van der Waals surface area contributed by atoms with E-state index in [9.17, 15) is 4.79 Å². The fraction of sp³-hybridized carbons (Fsp3) is 0.556. The predicted octanol–water partition coefficient (Wildman–Crippen LogP) is 3.71. The summed E-state index contributed by atoms with van der Waals surface area (Å²) >= 11 is 3.43. The molecule has 0 aromatic carbocycles. The number of thiazole rings is 1. The van der Waals surface area contributed by atoms with Gasteiger partial charge >= 0.3 is 0 Å². The van der Waals surface area contributed by atoms with Gasteiger partial charge in [0.15, 0.2) is 0 Å². The monoisotopic (exact) mass is 361 g/mol. The third kappa shape index (κ3) is 3.55. The van der Waals surface area contributed by atoms with Crippen LogP contribution in [0.4, 0.5) is 0 Å². The van der Waals surface area contributed by atoms with E-state index in [0.29, 0.717) is 11.8 Å². The maximum atomic E-state index is 12.5. The van der Waals surface area contributed by atoms with E-state index in [-0.39, 0.29) is 0 Å². The Morgan fingerprint density at radius 3 is 2.67 bits per heavy atom. The number of aromatic nitrogens is 1. The summed E-state index contributed by atoms with van der Waals surface area (Å²) < 4.78 is 0. The van der Waals surface area contributed by atoms with Gasteiger partial charge < -0.3 is 4.90 Å². The van der Waals surface area contributed by atoms with Gasteiger partial charge in [-0.15, -0.1) is 11.3 Å². The standard InChI is InChI=1S/C18H23N3OS2/c22-18(14-3-1-2-4-14)21-8-6-20(7-9-21)11-16-13-24-17(19-16)15-5-10-23-12-15/h5,10,12-14H,1-4,6-9,11H2. The van der Waals surface area contributed by atoms with Gasteiger partial charge in [0.1, 0.15) is 5.01 Å². The molecule has 1 saturated carbocycles. The van der Waals surface area contributed by atoms with Gasteiger partial charge in [-0.25, -0.2) is 4.98 Å². The first kappa shape index (κ1) is 16.2. The predicted molar refractivity (Wildman–Crippen MR) is 99.2 cm³/mol. The summed E-state index contributed by atoms with van der Waals surface area (Å²) in [4.78, 5) is 21.8. The zero-order valence-corrected chi connectivity index (χ0v) is 15.5. The average Bonchev–Trinajstić information content (AvgIpc) is 3.36. The number of carbonyl (C=O) groups is 1. The molecular weight excluding hydrogens is 338 g/mol. The van der Waals surface area contributed by atoms with Gasteiger partial charge in [0, 0.05) is 55.0 Å². The topological polar surface area (TPSA) is 36.4 Å². The molecule has 1 saturated heterocycles. The highest BCUT2D eigenvalue weighted by Crippen LogP contribution is 2.28. The third-order valence-corrected chi connectivity index (χ3v) is 6.72. The smallest absolute Gasteiger partial charge is 0.225 e. The van der Waals surface area contributed by atoms with Crippen molar-refractivity contribution in [3.63, 3.8) is 0 Å². The van der Waals surface area contributed by atoms with E-state index in [1.165, 1.54) is 18.4 Å². The van der Waals surface area contributed by atoms with Crippen LogP contribution < -0.4 is 0 Å². The molecule has 2 aromatic rings. The number of thiophene rings is 1. The van der Waals surface area contributed by atoms with Gasteiger partial charge in [0.2, 0.25) is 5.91 Å². The van der Waals surface area contributed by atoms with Crippen LogP contribution >= 0.6 is 22.7 Å². The summed E-state index contributed by atoms with van der Waals surface area (Å²) in [6.07, 6.45) is 4.66. The van der Waals surface area contributed by atoms with Crippen molar-refractivity contribution in [2.24, 2.45) is 5.92 Å². The minimum atomic E-state index is 0.309. The molecule has 1 aliphatic heterocycles. The summed E-state index contributed by atoms with van der Waals surface area (Å²) in [6, 6.07) is 2.13. The SMILES string of the molecule is O=C(C1CCCC1)N1CCN(Cc2csc(-c3ccsc3)n2)CC1. The molecule has 2 aliphatic rings. The van der Waals surface area contributed by atoms with Crippen molar-refractivity contribution in [2.75, 3.05) is 26.2 Å². The molecule has 0 spiro atoms. The molecule has 4 rings (SSSR count). The Hall–Kier alpha value is -1.24. The quantitative estimate of drug-likeness (QED) is 0.833. The molecule has 0 bridgehead atoms. The molecule has 0 N–H and O–H groups in total. The summed E-state index contributed by atoms with van der Waals surface area (Å²) in [5.41, 5.74) is 2.37. The largest absolute Gasteiger partial charge is 0.340 e. The first-order chi connectivity index (χ1) is 11.8. The molecule has 0 unspecified atom stereocenters. The number of amides is 1. The van der Waals surface area contributed by atoms with Gasteiger partial charge in [0.05, 0.1) is 5.69 Å². The van der Waals surface area contributed by atoms with Gasteiger partial charge in [0.25, 0.3) is 0 Å². The van der Waals surface area contributed by atoms with Gasteiger partial charge in [-0.05, 0) is 24.3 Å². The Morgan fingerprint density at radius 1 is 1.17 bits per heavy atom. The lowest BCUT2D eigenvalue weighted by molar-refractivity contribution is -0.137. The molecule has 0 atom stereocenters. The van der Waals surface area contributed by atoms with E-state index in [4.69, 9.17) is 4.98 Å². The van der Waals surface area contributed by atoms with Crippen LogP contribution in [0.1, 0.15) is 31.4 Å². The van der Waals surface area contributed by atoms with Crippen molar-refractivity contribution in [1.29, 1.82) is 0 Å². The van der Waals surface area contributed by atoms with Crippen molar-refractivity contribution in [1.82, 2.24) is 14.8 Å². The molecule has 4 nitrogen and oxygen atoms in total. The van der Waals surface area contributed by atoms with Crippen LogP contribution in [-0.2, 0) is 11.3 Å². The van der Waals surface area contributed by atoms with E-state index in [1.54, 1.807) is 22.7 Å². The van der Waals surface area contributed by atoms with Crippen molar-refractivity contribution in [3.05, 3.63) is 27.9 Å². The second-order valence-electron chi connectivity index (χ2n) is 6.74. The second-order valence-corrected chi connectivity index (χ2v) is 8.38. The van der Waals surface area contributed by atoms with Crippen LogP contribution in [0.2, 0.25) is 0 Å². The normalized spacial score (nSPS) is 19.9. The zero-order chi connectivity index (χ0) is 16.4. The number of nitrogens with zero attached hydrogens (tertiary/aromatic N) is 3. The molecule has 0 radical (unpaired) electrons. The minimum Gasteiger partial charge on any atom is -0.340 e. The molecule has 1 amide bonds. The molecule has 128 valence electrons. The first-order valence-electron chi connectivity index (χ1n) is 8.78. The third-order valence-electron chi connectivity index (χ3n) is 5.09. The van der Waals surface area contributed by atoms with Crippen LogP contribution in [0.15, 0.2) is 22.2 Å². The number of piperazine rings is 1. The highest BCUT2D eigenvalue weighted by atomic mass is 32.1. The summed E-state index contributed by atoms with van der Waals surface area (Å²) in [5, 5.41) is 7.53. The maximum Gasteiger partial charge on any atom is 0.225 e. The Morgan fingerprint density at radius 2 is 1.96 bits per heavy atom. The van der Waals surface area contributed by atoms with Crippen LogP contribution in [0, 0.1) is 5.92 Å². The van der Waals surface area contributed by atoms with Crippen LogP contribution in [0.5, 0.6) is 0 Å².